The van der Waals surface area contributed by atoms with Gasteiger partial charge in [0.05, 0.1) is 0 Å². The van der Waals surface area contributed by atoms with E-state index in [1.807, 2.05) is 18.7 Å². The average Bonchev–Trinajstić information content (AvgIpc) is 2.54. The van der Waals surface area contributed by atoms with E-state index in [1.165, 1.54) is 19.4 Å². The summed E-state index contributed by atoms with van der Waals surface area (Å²) in [6, 6.07) is 0.958. The van der Waals surface area contributed by atoms with Crippen molar-refractivity contribution in [2.45, 2.75) is 45.2 Å². The molecule has 0 bridgehead atoms. The molecule has 2 aliphatic heterocycles. The minimum Gasteiger partial charge on any atom is -0.336 e. The molecule has 0 radical (unpaired) electrons. The molecule has 1 N–H and O–H groups in total. The Kier molecular flexibility index (Phi) is 3.69. The summed E-state index contributed by atoms with van der Waals surface area (Å²) >= 11 is 0. The Morgan fingerprint density at radius 2 is 2.00 bits per heavy atom. The van der Waals surface area contributed by atoms with Crippen LogP contribution in [-0.2, 0) is 0 Å². The van der Waals surface area contributed by atoms with Gasteiger partial charge in [0.25, 0.3) is 0 Å². The summed E-state index contributed by atoms with van der Waals surface area (Å²) in [5.41, 5.74) is 0. The topological polar surface area (TPSA) is 35.6 Å². The van der Waals surface area contributed by atoms with E-state index in [2.05, 4.69) is 10.2 Å². The molecule has 2 aliphatic rings. The monoisotopic (exact) mass is 225 g/mol. The first-order chi connectivity index (χ1) is 7.66. The predicted octanol–water partition coefficient (Wildman–Crippen LogP) is 1.27. The molecule has 1 atom stereocenters. The van der Waals surface area contributed by atoms with Crippen LogP contribution >= 0.6 is 0 Å². The lowest BCUT2D eigenvalue weighted by molar-refractivity contribution is 0.186. The fourth-order valence-electron chi connectivity index (χ4n) is 2.73. The number of nitrogens with zero attached hydrogens (tertiary/aromatic N) is 2. The molecule has 0 saturated carbocycles. The standard InChI is InChI=1S/C12H23N3O/c1-10(2)13-12(16)15-8-4-7-14-6-3-5-11(14)9-15/h10-11H,3-9H2,1-2H3,(H,13,16). The van der Waals surface area contributed by atoms with Gasteiger partial charge in [0.2, 0.25) is 0 Å². The molecule has 2 rings (SSSR count). The number of urea groups is 1. The van der Waals surface area contributed by atoms with Gasteiger partial charge in [0.15, 0.2) is 0 Å². The molecule has 0 aromatic rings. The van der Waals surface area contributed by atoms with Crippen molar-refractivity contribution < 1.29 is 4.79 Å². The molecule has 4 nitrogen and oxygen atoms in total. The van der Waals surface area contributed by atoms with E-state index >= 15 is 0 Å². The van der Waals surface area contributed by atoms with Crippen LogP contribution < -0.4 is 5.32 Å². The molecule has 92 valence electrons. The van der Waals surface area contributed by atoms with Gasteiger partial charge in [-0.3, -0.25) is 4.90 Å². The summed E-state index contributed by atoms with van der Waals surface area (Å²) in [6.45, 7) is 8.24. The van der Waals surface area contributed by atoms with Crippen molar-refractivity contribution in [3.63, 3.8) is 0 Å². The van der Waals surface area contributed by atoms with E-state index in [0.717, 1.165) is 26.1 Å². The molecule has 2 saturated heterocycles. The van der Waals surface area contributed by atoms with Crippen molar-refractivity contribution in [2.24, 2.45) is 0 Å². The second-order valence-electron chi connectivity index (χ2n) is 5.24. The summed E-state index contributed by atoms with van der Waals surface area (Å²) in [6.07, 6.45) is 3.66. The quantitative estimate of drug-likeness (QED) is 0.729. The number of rotatable bonds is 1. The Labute approximate surface area is 98.0 Å². The van der Waals surface area contributed by atoms with Gasteiger partial charge >= 0.3 is 6.03 Å². The van der Waals surface area contributed by atoms with Crippen molar-refractivity contribution in [1.82, 2.24) is 15.1 Å². The Balaban J connectivity index is 1.92. The lowest BCUT2D eigenvalue weighted by atomic mass is 10.2. The van der Waals surface area contributed by atoms with Crippen molar-refractivity contribution in [3.8, 4) is 0 Å². The summed E-state index contributed by atoms with van der Waals surface area (Å²) in [5.74, 6) is 0. The second-order valence-corrected chi connectivity index (χ2v) is 5.24. The summed E-state index contributed by atoms with van der Waals surface area (Å²) < 4.78 is 0. The van der Waals surface area contributed by atoms with Gasteiger partial charge < -0.3 is 10.2 Å². The van der Waals surface area contributed by atoms with Gasteiger partial charge in [-0.25, -0.2) is 4.79 Å². The molecule has 0 aliphatic carbocycles. The van der Waals surface area contributed by atoms with Crippen molar-refractivity contribution in [1.29, 1.82) is 0 Å². The van der Waals surface area contributed by atoms with Crippen LogP contribution in [0.2, 0.25) is 0 Å². The second kappa shape index (κ2) is 5.04. The summed E-state index contributed by atoms with van der Waals surface area (Å²) in [5, 5.41) is 2.99. The Hall–Kier alpha value is -0.770. The van der Waals surface area contributed by atoms with Crippen LogP contribution in [0.5, 0.6) is 0 Å². The number of carbonyl (C=O) groups excluding carboxylic acids is 1. The van der Waals surface area contributed by atoms with Crippen LogP contribution in [0.1, 0.15) is 33.1 Å². The van der Waals surface area contributed by atoms with Crippen molar-refractivity contribution >= 4 is 6.03 Å². The molecular weight excluding hydrogens is 202 g/mol. The van der Waals surface area contributed by atoms with Crippen molar-refractivity contribution in [3.05, 3.63) is 0 Å². The maximum Gasteiger partial charge on any atom is 0.317 e. The number of hydrogen-bond acceptors (Lipinski definition) is 2. The molecule has 1 unspecified atom stereocenters. The van der Waals surface area contributed by atoms with Crippen LogP contribution in [0.15, 0.2) is 0 Å². The Morgan fingerprint density at radius 3 is 2.75 bits per heavy atom. The molecule has 0 spiro atoms. The van der Waals surface area contributed by atoms with Crippen LogP contribution in [0, 0.1) is 0 Å². The Morgan fingerprint density at radius 1 is 1.25 bits per heavy atom. The van der Waals surface area contributed by atoms with Crippen LogP contribution in [0.4, 0.5) is 4.79 Å². The lowest BCUT2D eigenvalue weighted by Crippen LogP contribution is -2.46. The van der Waals surface area contributed by atoms with Gasteiger partial charge in [0, 0.05) is 31.7 Å². The molecule has 2 heterocycles. The van der Waals surface area contributed by atoms with Gasteiger partial charge in [0.1, 0.15) is 0 Å². The zero-order valence-corrected chi connectivity index (χ0v) is 10.4. The normalized spacial score (nSPS) is 26.7. The maximum absolute atomic E-state index is 11.9. The number of amides is 2. The molecule has 2 fully saturated rings. The fourth-order valence-corrected chi connectivity index (χ4v) is 2.73. The molecule has 16 heavy (non-hydrogen) atoms. The highest BCUT2D eigenvalue weighted by Gasteiger charge is 2.30. The first-order valence-electron chi connectivity index (χ1n) is 6.46. The minimum absolute atomic E-state index is 0.115. The number of fused-ring (bicyclic) bond motifs is 1. The molecule has 0 aromatic carbocycles. The largest absolute Gasteiger partial charge is 0.336 e. The minimum atomic E-state index is 0.115. The van der Waals surface area contributed by atoms with Crippen LogP contribution in [0.3, 0.4) is 0 Å². The lowest BCUT2D eigenvalue weighted by Gasteiger charge is -2.26. The third-order valence-electron chi connectivity index (χ3n) is 3.50. The van der Waals surface area contributed by atoms with E-state index in [0.29, 0.717) is 6.04 Å². The van der Waals surface area contributed by atoms with Gasteiger partial charge in [-0.1, -0.05) is 0 Å². The highest BCUT2D eigenvalue weighted by Crippen LogP contribution is 2.21. The Bertz CT molecular complexity index is 255. The van der Waals surface area contributed by atoms with Crippen molar-refractivity contribution in [2.75, 3.05) is 26.2 Å². The maximum atomic E-state index is 11.9. The third-order valence-corrected chi connectivity index (χ3v) is 3.50. The average molecular weight is 225 g/mol. The molecule has 4 heteroatoms. The van der Waals surface area contributed by atoms with E-state index < -0.39 is 0 Å². The van der Waals surface area contributed by atoms with E-state index in [4.69, 9.17) is 0 Å². The summed E-state index contributed by atoms with van der Waals surface area (Å²) in [7, 11) is 0. The van der Waals surface area contributed by atoms with Gasteiger partial charge in [-0.05, 0) is 39.7 Å². The van der Waals surface area contributed by atoms with E-state index in [1.54, 1.807) is 0 Å². The smallest absolute Gasteiger partial charge is 0.317 e. The van der Waals surface area contributed by atoms with Crippen LogP contribution in [-0.4, -0.2) is 54.1 Å². The molecule has 0 aromatic heterocycles. The number of carbonyl (C=O) groups is 1. The predicted molar refractivity (Wildman–Crippen MR) is 64.5 cm³/mol. The van der Waals surface area contributed by atoms with E-state index in [9.17, 15) is 4.79 Å². The number of hydrogen-bond donors (Lipinski definition) is 1. The van der Waals surface area contributed by atoms with Gasteiger partial charge in [-0.15, -0.1) is 0 Å². The zero-order chi connectivity index (χ0) is 11.5. The fraction of sp³-hybridized carbons (Fsp3) is 0.917. The summed E-state index contributed by atoms with van der Waals surface area (Å²) in [4.78, 5) is 16.5. The van der Waals surface area contributed by atoms with Crippen LogP contribution in [0.25, 0.3) is 0 Å². The molecule has 2 amide bonds. The SMILES string of the molecule is CC(C)NC(=O)N1CCCN2CCCC2C1. The first kappa shape index (κ1) is 11.7. The molecular formula is C12H23N3O. The zero-order valence-electron chi connectivity index (χ0n) is 10.4. The van der Waals surface area contributed by atoms with E-state index in [-0.39, 0.29) is 12.1 Å². The highest BCUT2D eigenvalue weighted by molar-refractivity contribution is 5.74. The first-order valence-corrected chi connectivity index (χ1v) is 6.46. The number of nitrogens with one attached hydrogen (secondary N) is 1. The highest BCUT2D eigenvalue weighted by atomic mass is 16.2. The van der Waals surface area contributed by atoms with Gasteiger partial charge in [-0.2, -0.15) is 0 Å². The third kappa shape index (κ3) is 2.67.